The molecule has 0 radical (unpaired) electrons. The van der Waals surface area contributed by atoms with Gasteiger partial charge in [0.2, 0.25) is 0 Å². The Morgan fingerprint density at radius 2 is 1.61 bits per heavy atom. The summed E-state index contributed by atoms with van der Waals surface area (Å²) in [5, 5.41) is 10.1. The summed E-state index contributed by atoms with van der Waals surface area (Å²) < 4.78 is 43.4. The third-order valence-electron chi connectivity index (χ3n) is 7.23. The second-order valence-corrected chi connectivity index (χ2v) is 9.40. The molecule has 0 unspecified atom stereocenters. The quantitative estimate of drug-likeness (QED) is 0.330. The topological polar surface area (TPSA) is 23.8 Å². The number of halogens is 3. The summed E-state index contributed by atoms with van der Waals surface area (Å²) in [4.78, 5) is 0. The molecule has 0 saturated heterocycles. The SMILES string of the molecule is CCCCCC[C@H]1CC[C@H](c2ccc3c(F)c(-c4cc(F)c(C#N)c(F)c4)ccc3c2)CC1. The van der Waals surface area contributed by atoms with Gasteiger partial charge in [0, 0.05) is 10.9 Å². The first-order chi connectivity index (χ1) is 16.0. The van der Waals surface area contributed by atoms with Gasteiger partial charge < -0.3 is 0 Å². The normalized spacial score (nSPS) is 18.4. The van der Waals surface area contributed by atoms with Crippen LogP contribution in [0, 0.1) is 34.7 Å². The van der Waals surface area contributed by atoms with Crippen LogP contribution in [-0.2, 0) is 0 Å². The number of hydrogen-bond donors (Lipinski definition) is 0. The number of rotatable bonds is 7. The second kappa shape index (κ2) is 10.4. The molecule has 33 heavy (non-hydrogen) atoms. The molecule has 0 spiro atoms. The van der Waals surface area contributed by atoms with Crippen molar-refractivity contribution in [3.63, 3.8) is 0 Å². The lowest BCUT2D eigenvalue weighted by Gasteiger charge is -2.29. The molecule has 1 aliphatic rings. The fraction of sp³-hybridized carbons (Fsp3) is 0.414. The first-order valence-electron chi connectivity index (χ1n) is 12.1. The van der Waals surface area contributed by atoms with Crippen molar-refractivity contribution in [3.8, 4) is 17.2 Å². The highest BCUT2D eigenvalue weighted by Crippen LogP contribution is 2.39. The van der Waals surface area contributed by atoms with Crippen molar-refractivity contribution in [1.82, 2.24) is 0 Å². The van der Waals surface area contributed by atoms with Gasteiger partial charge in [0.05, 0.1) is 0 Å². The molecule has 0 heterocycles. The lowest BCUT2D eigenvalue weighted by molar-refractivity contribution is 0.302. The number of nitriles is 1. The van der Waals surface area contributed by atoms with Gasteiger partial charge in [-0.3, -0.25) is 0 Å². The van der Waals surface area contributed by atoms with Crippen LogP contribution in [-0.4, -0.2) is 0 Å². The Bertz CT molecular complexity index is 1150. The van der Waals surface area contributed by atoms with E-state index in [1.165, 1.54) is 69.4 Å². The highest BCUT2D eigenvalue weighted by Gasteiger charge is 2.23. The average Bonchev–Trinajstić information content (AvgIpc) is 2.82. The molecule has 0 amide bonds. The van der Waals surface area contributed by atoms with Crippen molar-refractivity contribution in [1.29, 1.82) is 5.26 Å². The summed E-state index contributed by atoms with van der Waals surface area (Å²) in [7, 11) is 0. The van der Waals surface area contributed by atoms with Crippen LogP contribution in [0.1, 0.15) is 81.8 Å². The molecular weight excluding hydrogens is 419 g/mol. The van der Waals surface area contributed by atoms with Crippen LogP contribution in [0.15, 0.2) is 42.5 Å². The molecule has 1 nitrogen and oxygen atoms in total. The molecule has 0 bridgehead atoms. The summed E-state index contributed by atoms with van der Waals surface area (Å²) >= 11 is 0. The van der Waals surface area contributed by atoms with Crippen LogP contribution < -0.4 is 0 Å². The van der Waals surface area contributed by atoms with Crippen molar-refractivity contribution in [3.05, 3.63) is 71.0 Å². The fourth-order valence-electron chi connectivity index (χ4n) is 5.27. The van der Waals surface area contributed by atoms with Crippen molar-refractivity contribution in [2.75, 3.05) is 0 Å². The molecule has 4 rings (SSSR count). The number of hydrogen-bond acceptors (Lipinski definition) is 1. The molecule has 3 aromatic carbocycles. The molecule has 1 fully saturated rings. The molecule has 3 aromatic rings. The Morgan fingerprint density at radius 3 is 2.27 bits per heavy atom. The van der Waals surface area contributed by atoms with Gasteiger partial charge in [-0.25, -0.2) is 13.2 Å². The maximum atomic E-state index is 15.3. The van der Waals surface area contributed by atoms with E-state index in [1.54, 1.807) is 12.1 Å². The van der Waals surface area contributed by atoms with Crippen molar-refractivity contribution in [2.45, 2.75) is 70.6 Å². The van der Waals surface area contributed by atoms with Crippen molar-refractivity contribution < 1.29 is 13.2 Å². The van der Waals surface area contributed by atoms with Gasteiger partial charge in [0.1, 0.15) is 29.1 Å². The van der Waals surface area contributed by atoms with Gasteiger partial charge in [-0.05, 0) is 66.2 Å². The summed E-state index contributed by atoms with van der Waals surface area (Å²) in [5.41, 5.74) is 0.806. The number of fused-ring (bicyclic) bond motifs is 1. The standard InChI is InChI=1S/C29H30F3N/c1-2-3-4-5-6-19-7-9-20(10-8-19)21-11-13-24-22(15-21)12-14-25(29(24)32)23-16-27(30)26(18-33)28(31)17-23/h11-17,19-20H,2-10H2,1H3/t19-,20-. The zero-order chi connectivity index (χ0) is 23.4. The van der Waals surface area contributed by atoms with E-state index in [4.69, 9.17) is 5.26 Å². The Morgan fingerprint density at radius 1 is 0.879 bits per heavy atom. The van der Waals surface area contributed by atoms with E-state index in [0.717, 1.165) is 23.4 Å². The van der Waals surface area contributed by atoms with E-state index in [-0.39, 0.29) is 11.1 Å². The second-order valence-electron chi connectivity index (χ2n) is 9.40. The number of unbranched alkanes of at least 4 members (excludes halogenated alkanes) is 3. The number of benzene rings is 3. The third-order valence-corrected chi connectivity index (χ3v) is 7.23. The molecule has 0 aliphatic heterocycles. The van der Waals surface area contributed by atoms with Crippen molar-refractivity contribution >= 4 is 10.8 Å². The monoisotopic (exact) mass is 449 g/mol. The minimum Gasteiger partial charge on any atom is -0.206 e. The Hall–Kier alpha value is -2.80. The van der Waals surface area contributed by atoms with Crippen LogP contribution >= 0.6 is 0 Å². The highest BCUT2D eigenvalue weighted by atomic mass is 19.1. The smallest absolute Gasteiger partial charge is 0.144 e. The molecule has 1 saturated carbocycles. The summed E-state index contributed by atoms with van der Waals surface area (Å²) in [6.07, 6.45) is 11.5. The molecule has 0 aromatic heterocycles. The minimum absolute atomic E-state index is 0.0877. The van der Waals surface area contributed by atoms with Crippen LogP contribution in [0.4, 0.5) is 13.2 Å². The van der Waals surface area contributed by atoms with E-state index in [1.807, 2.05) is 12.1 Å². The summed E-state index contributed by atoms with van der Waals surface area (Å²) in [6.45, 7) is 2.24. The molecule has 0 atom stereocenters. The zero-order valence-corrected chi connectivity index (χ0v) is 19.1. The predicted octanol–water partition coefficient (Wildman–Crippen LogP) is 9.04. The van der Waals surface area contributed by atoms with Gasteiger partial charge >= 0.3 is 0 Å². The van der Waals surface area contributed by atoms with Gasteiger partial charge in [-0.2, -0.15) is 5.26 Å². The van der Waals surface area contributed by atoms with E-state index < -0.39 is 23.0 Å². The predicted molar refractivity (Wildman–Crippen MR) is 127 cm³/mol. The fourth-order valence-corrected chi connectivity index (χ4v) is 5.27. The Labute approximate surface area is 194 Å². The van der Waals surface area contributed by atoms with Gasteiger partial charge in [0.15, 0.2) is 0 Å². The summed E-state index contributed by atoms with van der Waals surface area (Å²) in [5.74, 6) is -1.12. The van der Waals surface area contributed by atoms with Gasteiger partial charge in [-0.1, -0.05) is 69.4 Å². The van der Waals surface area contributed by atoms with Crippen LogP contribution in [0.25, 0.3) is 21.9 Å². The maximum Gasteiger partial charge on any atom is 0.144 e. The van der Waals surface area contributed by atoms with Crippen molar-refractivity contribution in [2.24, 2.45) is 5.92 Å². The molecular formula is C29H30F3N. The van der Waals surface area contributed by atoms with E-state index in [2.05, 4.69) is 13.0 Å². The lowest BCUT2D eigenvalue weighted by atomic mass is 9.76. The van der Waals surface area contributed by atoms with Crippen LogP contribution in [0.3, 0.4) is 0 Å². The highest BCUT2D eigenvalue weighted by molar-refractivity contribution is 5.89. The van der Waals surface area contributed by atoms with E-state index in [0.29, 0.717) is 11.3 Å². The Kier molecular flexibility index (Phi) is 7.38. The maximum absolute atomic E-state index is 15.3. The Balaban J connectivity index is 1.51. The molecule has 1 aliphatic carbocycles. The molecule has 4 heteroatoms. The number of nitrogens with zero attached hydrogens (tertiary/aromatic N) is 1. The van der Waals surface area contributed by atoms with E-state index >= 15 is 4.39 Å². The van der Waals surface area contributed by atoms with E-state index in [9.17, 15) is 8.78 Å². The van der Waals surface area contributed by atoms with Gasteiger partial charge in [-0.15, -0.1) is 0 Å². The van der Waals surface area contributed by atoms with Crippen LogP contribution in [0.2, 0.25) is 0 Å². The first-order valence-corrected chi connectivity index (χ1v) is 12.1. The molecule has 0 N–H and O–H groups in total. The minimum atomic E-state index is -0.983. The third kappa shape index (κ3) is 5.08. The zero-order valence-electron chi connectivity index (χ0n) is 19.1. The lowest BCUT2D eigenvalue weighted by Crippen LogP contribution is -2.13. The first kappa shape index (κ1) is 23.4. The largest absolute Gasteiger partial charge is 0.206 e. The average molecular weight is 450 g/mol. The summed E-state index contributed by atoms with van der Waals surface area (Å²) in [6, 6.07) is 12.8. The van der Waals surface area contributed by atoms with Gasteiger partial charge in [0.25, 0.3) is 0 Å². The molecule has 172 valence electrons. The van der Waals surface area contributed by atoms with Crippen LogP contribution in [0.5, 0.6) is 0 Å².